The number of anilines is 3. The van der Waals surface area contributed by atoms with Gasteiger partial charge in [-0.1, -0.05) is 49.4 Å². The minimum atomic E-state index is -1.04. The number of hydrogen-bond acceptors (Lipinski definition) is 20. The van der Waals surface area contributed by atoms with Gasteiger partial charge in [0, 0.05) is 106 Å². The minimum Gasteiger partial charge on any atom is -0.447 e. The number of urea groups is 1. The first kappa shape index (κ1) is 72.7. The van der Waals surface area contributed by atoms with Crippen LogP contribution < -0.4 is 36.6 Å². The molecule has 0 bridgehead atoms. The molecule has 0 aliphatic carbocycles. The number of likely N-dealkylation sites (N-methyl/N-ethyl adjacent to an activating group) is 1. The van der Waals surface area contributed by atoms with E-state index in [1.54, 1.807) is 68.3 Å². The minimum absolute atomic E-state index is 0.00275. The van der Waals surface area contributed by atoms with Crippen LogP contribution in [0.3, 0.4) is 0 Å². The van der Waals surface area contributed by atoms with Crippen LogP contribution in [-0.2, 0) is 56.0 Å². The number of primary amides is 1. The average Bonchev–Trinajstić information content (AvgIpc) is 1.62. The monoisotopic (exact) mass is 1360 g/mol. The lowest BCUT2D eigenvalue weighted by molar-refractivity contribution is -0.137. The van der Waals surface area contributed by atoms with Crippen LogP contribution in [0.4, 0.5) is 36.2 Å². The summed E-state index contributed by atoms with van der Waals surface area (Å²) in [6, 6.07) is 15.1. The molecule has 3 atom stereocenters. The Hall–Kier alpha value is -10.1. The summed E-state index contributed by atoms with van der Waals surface area (Å²) in [7, 11) is 3.05. The summed E-state index contributed by atoms with van der Waals surface area (Å²) in [5, 5.41) is 29.8. The number of aromatic nitrogens is 5. The second-order valence-electron chi connectivity index (χ2n) is 23.2. The molecule has 0 unspecified atom stereocenters. The Bertz CT molecular complexity index is 3840. The van der Waals surface area contributed by atoms with Crippen LogP contribution in [0.2, 0.25) is 0 Å². The normalized spacial score (nSPS) is 14.0. The third-order valence-electron chi connectivity index (χ3n) is 15.9. The van der Waals surface area contributed by atoms with Crippen molar-refractivity contribution in [3.05, 3.63) is 113 Å². The Morgan fingerprint density at radius 2 is 1.63 bits per heavy atom. The summed E-state index contributed by atoms with van der Waals surface area (Å²) in [5.74, 6) is -4.12. The lowest BCUT2D eigenvalue weighted by atomic mass is 9.89. The van der Waals surface area contributed by atoms with Crippen LogP contribution in [0.15, 0.2) is 85.2 Å². The maximum absolute atomic E-state index is 14.7. The van der Waals surface area contributed by atoms with Crippen LogP contribution in [0, 0.1) is 18.8 Å². The maximum Gasteiger partial charge on any atom is 0.415 e. The first-order chi connectivity index (χ1) is 46.7. The largest absolute Gasteiger partial charge is 0.447 e. The number of ether oxygens (including phenoxy) is 6. The van der Waals surface area contributed by atoms with Gasteiger partial charge in [0.05, 0.1) is 82.5 Å². The molecule has 3 aromatic heterocycles. The highest BCUT2D eigenvalue weighted by Crippen LogP contribution is 2.47. The van der Waals surface area contributed by atoms with E-state index in [0.717, 1.165) is 33.6 Å². The maximum atomic E-state index is 14.7. The number of imide groups is 1. The van der Waals surface area contributed by atoms with Crippen molar-refractivity contribution in [2.24, 2.45) is 17.6 Å². The molecule has 0 fully saturated rings. The van der Waals surface area contributed by atoms with Gasteiger partial charge >= 0.3 is 24.3 Å². The zero-order chi connectivity index (χ0) is 69.7. The van der Waals surface area contributed by atoms with Crippen LogP contribution in [0.5, 0.6) is 5.75 Å². The van der Waals surface area contributed by atoms with E-state index in [1.807, 2.05) is 25.1 Å². The number of alkyl halides is 1. The molecule has 518 valence electrons. The number of alkyl carbamates (subject to hydrolysis) is 1. The number of benzene rings is 3. The van der Waals surface area contributed by atoms with Crippen LogP contribution in [-0.4, -0.2) is 216 Å². The molecule has 8 N–H and O–H groups in total. The molecule has 2 aliphatic rings. The molecule has 32 heteroatoms. The number of rotatable bonds is 35. The Morgan fingerprint density at radius 1 is 0.866 bits per heavy atom. The summed E-state index contributed by atoms with van der Waals surface area (Å²) < 4.78 is 34.6. The number of Topliss-reactive ketones (excluding diaryl/α,β-unsaturated/α-hetero) is 1. The number of carbonyl (C=O) groups excluding carboxylic acids is 10. The Morgan fingerprint density at radius 3 is 2.35 bits per heavy atom. The molecule has 6 aromatic rings. The first-order valence-electron chi connectivity index (χ1n) is 31.3. The zero-order valence-electron chi connectivity index (χ0n) is 54.3. The number of aliphatic hydroxyl groups is 1. The van der Waals surface area contributed by atoms with Crippen molar-refractivity contribution >= 4 is 110 Å². The summed E-state index contributed by atoms with van der Waals surface area (Å²) >= 11 is 6.66. The van der Waals surface area contributed by atoms with E-state index in [-0.39, 0.29) is 134 Å². The fourth-order valence-corrected chi connectivity index (χ4v) is 11.1. The standard InChI is InChI=1S/C65H79ClN14O17/c1-39(2)57(73-63(89)95-29-28-94-26-22-79-53(83)15-16-54(79)84)51(82)32-42(9-7-17-68-62(67)88)59(85)70-45-13-11-41(12-14-45)38-96-64(90)76(4)18-19-77(20-25-93-27-23-81)65(91)97-52-33-50-56(55-40(3)8-6-10-47(52)55)44(34-66)36-80(50)61(87)48-31-43-30-46(35-69-58(43)72-48)71-60(86)49-37-78(75-74-49)21-24-92-5/h6,8,10-16,30-31,33,35,37,39,42,44,57,81H,7,9,17-29,32,34,36,38H2,1-5H3,(H,69,72)(H,70,85)(H,71,86)(H,73,89)(H3,67,68,88)/t42-,44-,57+/m1/s1. The van der Waals surface area contributed by atoms with E-state index in [0.29, 0.717) is 52.2 Å². The summed E-state index contributed by atoms with van der Waals surface area (Å²) in [4.78, 5) is 144. The predicted octanol–water partition coefficient (Wildman–Crippen LogP) is 5.23. The molecule has 8 rings (SSSR count). The van der Waals surface area contributed by atoms with Crippen molar-refractivity contribution in [3.8, 4) is 5.75 Å². The third-order valence-corrected chi connectivity index (χ3v) is 16.3. The average molecular weight is 1360 g/mol. The highest BCUT2D eigenvalue weighted by molar-refractivity contribution is 6.19. The van der Waals surface area contributed by atoms with Crippen molar-refractivity contribution in [2.75, 3.05) is 121 Å². The lowest BCUT2D eigenvalue weighted by Crippen LogP contribution is -2.46. The van der Waals surface area contributed by atoms with E-state index >= 15 is 0 Å². The number of fused-ring (bicyclic) bond motifs is 4. The van der Waals surface area contributed by atoms with Gasteiger partial charge in [0.25, 0.3) is 23.6 Å². The number of amides is 10. The van der Waals surface area contributed by atoms with Gasteiger partial charge in [-0.2, -0.15) is 0 Å². The number of nitrogens with zero attached hydrogens (tertiary/aromatic N) is 8. The van der Waals surface area contributed by atoms with Gasteiger partial charge < -0.3 is 80.2 Å². The number of pyridine rings is 1. The van der Waals surface area contributed by atoms with Crippen LogP contribution >= 0.6 is 11.6 Å². The summed E-state index contributed by atoms with van der Waals surface area (Å²) in [5.41, 5.74) is 9.28. The number of nitrogens with one attached hydrogen (secondary N) is 5. The molecule has 0 radical (unpaired) electrons. The molecule has 10 amide bonds. The molecular weight excluding hydrogens is 1280 g/mol. The number of carbonyl (C=O) groups is 10. The van der Waals surface area contributed by atoms with Gasteiger partial charge in [0.1, 0.15) is 30.3 Å². The van der Waals surface area contributed by atoms with Crippen molar-refractivity contribution in [3.63, 3.8) is 0 Å². The number of hydrogen-bond donors (Lipinski definition) is 7. The van der Waals surface area contributed by atoms with E-state index < -0.39 is 77.5 Å². The Kier molecular flexibility index (Phi) is 26.3. The van der Waals surface area contributed by atoms with Gasteiger partial charge in [-0.25, -0.2) is 28.8 Å². The number of aromatic amines is 1. The third kappa shape index (κ3) is 19.8. The number of methoxy groups -OCH3 is 1. The first-order valence-corrected chi connectivity index (χ1v) is 31.9. The zero-order valence-corrected chi connectivity index (χ0v) is 55.1. The van der Waals surface area contributed by atoms with Crippen LogP contribution in [0.1, 0.15) is 76.7 Å². The van der Waals surface area contributed by atoms with Crippen molar-refractivity contribution in [2.45, 2.75) is 65.1 Å². The molecule has 2 aliphatic heterocycles. The van der Waals surface area contributed by atoms with E-state index in [1.165, 1.54) is 33.9 Å². The van der Waals surface area contributed by atoms with Crippen LogP contribution in [0.25, 0.3) is 21.8 Å². The quantitative estimate of drug-likeness (QED) is 0.0152. The highest BCUT2D eigenvalue weighted by Gasteiger charge is 2.37. The molecule has 97 heavy (non-hydrogen) atoms. The fourth-order valence-electron chi connectivity index (χ4n) is 10.8. The second kappa shape index (κ2) is 35.1. The Labute approximate surface area is 562 Å². The van der Waals surface area contributed by atoms with E-state index in [9.17, 15) is 53.1 Å². The van der Waals surface area contributed by atoms with Gasteiger partial charge in [0.15, 0.2) is 11.5 Å². The van der Waals surface area contributed by atoms with E-state index in [4.69, 9.17) is 45.8 Å². The lowest BCUT2D eigenvalue weighted by Gasteiger charge is -2.26. The van der Waals surface area contributed by atoms with Crippen molar-refractivity contribution in [1.29, 1.82) is 0 Å². The number of aliphatic hydroxyl groups excluding tert-OH is 1. The second-order valence-corrected chi connectivity index (χ2v) is 23.5. The molecule has 0 saturated carbocycles. The number of aryl methyl sites for hydroxylation is 1. The van der Waals surface area contributed by atoms with Crippen molar-refractivity contribution < 1.29 is 81.5 Å². The SMILES string of the molecule is COCCn1cc(C(=O)Nc2cnc3[nH]c(C(=O)N4C[C@@H](CCl)c5c4cc(OC(=O)N(CCOCCO)CCN(C)C(=O)OCc4ccc(NC(=O)[C@H](CCCNC(N)=O)CC(=O)[C@@H](NC(=O)OCCOCCN6C(=O)C=CC6=O)C(C)C)cc4)c4cccc(C)c54)cc3c2)nn1. The highest BCUT2D eigenvalue weighted by atomic mass is 35.5. The summed E-state index contributed by atoms with van der Waals surface area (Å²) in [6.07, 6.45) is 2.99. The van der Waals surface area contributed by atoms with Crippen molar-refractivity contribution in [1.82, 2.24) is 50.3 Å². The van der Waals surface area contributed by atoms with Gasteiger partial charge in [-0.3, -0.25) is 33.7 Å². The molecule has 31 nitrogen and oxygen atoms in total. The fraction of sp³-hybridized carbons (Fsp3) is 0.431. The number of halogens is 1. The van der Waals surface area contributed by atoms with Gasteiger partial charge in [-0.15, -0.1) is 16.7 Å². The number of ketones is 1. The summed E-state index contributed by atoms with van der Waals surface area (Å²) in [6.45, 7) is 5.74. The molecule has 0 spiro atoms. The number of nitrogens with two attached hydrogens (primary N) is 1. The van der Waals surface area contributed by atoms with E-state index in [2.05, 4.69) is 41.5 Å². The topological polar surface area (TPSA) is 393 Å². The molecule has 3 aromatic carbocycles. The molecule has 0 saturated heterocycles. The molecule has 5 heterocycles. The smallest absolute Gasteiger partial charge is 0.415 e. The van der Waals surface area contributed by atoms with Gasteiger partial charge in [-0.05, 0) is 72.0 Å². The number of H-pyrrole nitrogens is 1. The molecular formula is C65H79ClN14O17. The van der Waals surface area contributed by atoms with Gasteiger partial charge in [0.2, 0.25) is 5.91 Å². The predicted molar refractivity (Wildman–Crippen MR) is 353 cm³/mol. The Balaban J connectivity index is 0.868.